The third-order valence-electron chi connectivity index (χ3n) is 2.58. The van der Waals surface area contributed by atoms with E-state index in [1.807, 2.05) is 0 Å². The summed E-state index contributed by atoms with van der Waals surface area (Å²) >= 11 is 4.72. The lowest BCUT2D eigenvalue weighted by Crippen LogP contribution is -1.76. The highest BCUT2D eigenvalue weighted by molar-refractivity contribution is 14.1. The van der Waals surface area contributed by atoms with Crippen LogP contribution in [0.3, 0.4) is 0 Å². The first-order valence-electron chi connectivity index (χ1n) is 4.62. The fourth-order valence-corrected chi connectivity index (χ4v) is 3.23. The summed E-state index contributed by atoms with van der Waals surface area (Å²) in [5.74, 6) is 0. The Balaban J connectivity index is 2.64. The van der Waals surface area contributed by atoms with Crippen molar-refractivity contribution in [2.75, 3.05) is 0 Å². The Morgan fingerprint density at radius 3 is 2.47 bits per heavy atom. The number of benzene rings is 2. The minimum Gasteiger partial charge on any atom is -0.282 e. The Morgan fingerprint density at radius 1 is 0.867 bits per heavy atom. The number of hydrogen-bond donors (Lipinski definition) is 0. The minimum absolute atomic E-state index is 1.29. The Bertz CT molecular complexity index is 655. The predicted octanol–water partition coefficient (Wildman–Crippen LogP) is 4.60. The number of fused-ring (bicyclic) bond motifs is 3. The molecule has 2 aromatic carbocycles. The maximum Gasteiger partial charge on any atom is 0.0646 e. The Labute approximate surface area is 115 Å². The van der Waals surface area contributed by atoms with Gasteiger partial charge in [-0.15, -0.1) is 0 Å². The van der Waals surface area contributed by atoms with E-state index in [2.05, 4.69) is 90.7 Å². The van der Waals surface area contributed by atoms with Crippen LogP contribution in [0.15, 0.2) is 42.5 Å². The first kappa shape index (κ1) is 9.89. The van der Waals surface area contributed by atoms with Crippen LogP contribution < -0.4 is 0 Å². The summed E-state index contributed by atoms with van der Waals surface area (Å²) in [6.45, 7) is 0. The van der Waals surface area contributed by atoms with Crippen molar-refractivity contribution in [2.24, 2.45) is 0 Å². The van der Waals surface area contributed by atoms with E-state index >= 15 is 0 Å². The second-order valence-electron chi connectivity index (χ2n) is 3.46. The average Bonchev–Trinajstić information content (AvgIpc) is 2.54. The zero-order chi connectivity index (χ0) is 10.4. The van der Waals surface area contributed by atoms with Crippen LogP contribution in [0, 0.1) is 3.57 Å². The van der Waals surface area contributed by atoms with Crippen LogP contribution in [0.2, 0.25) is 0 Å². The molecule has 0 saturated heterocycles. The van der Waals surface area contributed by atoms with Gasteiger partial charge in [-0.3, -0.25) is 2.78 Å². The molecule has 1 nitrogen and oxygen atoms in total. The fraction of sp³-hybridized carbons (Fsp3) is 0. The second-order valence-corrected chi connectivity index (χ2v) is 5.67. The molecule has 0 bridgehead atoms. The van der Waals surface area contributed by atoms with E-state index in [4.69, 9.17) is 0 Å². The molecular formula is C12H7I2N. The van der Waals surface area contributed by atoms with Gasteiger partial charge in [-0.1, -0.05) is 18.2 Å². The topological polar surface area (TPSA) is 4.93 Å². The molecule has 0 radical (unpaired) electrons. The Kier molecular flexibility index (Phi) is 2.39. The number of nitrogens with zero attached hydrogens (tertiary/aromatic N) is 1. The van der Waals surface area contributed by atoms with Crippen LogP contribution in [-0.2, 0) is 0 Å². The second kappa shape index (κ2) is 3.62. The van der Waals surface area contributed by atoms with Gasteiger partial charge in [-0.25, -0.2) is 0 Å². The molecule has 0 atom stereocenters. The number of rotatable bonds is 0. The molecule has 1 heterocycles. The van der Waals surface area contributed by atoms with E-state index in [1.54, 1.807) is 0 Å². The standard InChI is InChI=1S/C12H7I2N/c13-8-5-6-12-10(7-8)9-3-1-2-4-11(9)15(12)14/h1-7H. The lowest BCUT2D eigenvalue weighted by atomic mass is 10.2. The monoisotopic (exact) mass is 419 g/mol. The largest absolute Gasteiger partial charge is 0.282 e. The van der Waals surface area contributed by atoms with Gasteiger partial charge in [0.15, 0.2) is 0 Å². The van der Waals surface area contributed by atoms with E-state index in [9.17, 15) is 0 Å². The molecule has 0 aliphatic heterocycles. The molecule has 0 fully saturated rings. The first-order chi connectivity index (χ1) is 7.27. The molecule has 3 heteroatoms. The fourth-order valence-electron chi connectivity index (χ4n) is 1.90. The van der Waals surface area contributed by atoms with Crippen molar-refractivity contribution < 1.29 is 0 Å². The van der Waals surface area contributed by atoms with E-state index in [-0.39, 0.29) is 0 Å². The third-order valence-corrected chi connectivity index (χ3v) is 4.29. The molecule has 0 aliphatic carbocycles. The number of hydrogen-bond acceptors (Lipinski definition) is 0. The van der Waals surface area contributed by atoms with E-state index in [0.717, 1.165) is 0 Å². The van der Waals surface area contributed by atoms with Crippen LogP contribution in [-0.4, -0.2) is 2.78 Å². The number of halogens is 2. The molecular weight excluding hydrogens is 412 g/mol. The summed E-state index contributed by atoms with van der Waals surface area (Å²) < 4.78 is 3.51. The minimum atomic E-state index is 1.29. The summed E-state index contributed by atoms with van der Waals surface area (Å²) in [6.07, 6.45) is 0. The highest BCUT2D eigenvalue weighted by Crippen LogP contribution is 2.31. The maximum atomic E-state index is 2.36. The van der Waals surface area contributed by atoms with Gasteiger partial charge in [0.1, 0.15) is 0 Å². The number of para-hydroxylation sites is 1. The summed E-state index contributed by atoms with van der Waals surface area (Å²) in [5.41, 5.74) is 2.58. The molecule has 0 aliphatic rings. The summed E-state index contributed by atoms with van der Waals surface area (Å²) in [4.78, 5) is 0. The Hall–Kier alpha value is -0.300. The van der Waals surface area contributed by atoms with Crippen molar-refractivity contribution in [1.82, 2.24) is 2.78 Å². The zero-order valence-electron chi connectivity index (χ0n) is 7.74. The molecule has 0 saturated carbocycles. The van der Waals surface area contributed by atoms with Crippen LogP contribution in [0.1, 0.15) is 0 Å². The zero-order valence-corrected chi connectivity index (χ0v) is 12.1. The highest BCUT2D eigenvalue weighted by Gasteiger charge is 2.07. The molecule has 0 spiro atoms. The Morgan fingerprint density at radius 2 is 1.60 bits per heavy atom. The SMILES string of the molecule is Ic1ccc2c(c1)c1ccccc1n2I. The molecule has 1 aromatic heterocycles. The van der Waals surface area contributed by atoms with Crippen LogP contribution in [0.4, 0.5) is 0 Å². The lowest BCUT2D eigenvalue weighted by molar-refractivity contribution is 1.49. The quantitative estimate of drug-likeness (QED) is 0.470. The molecule has 0 unspecified atom stereocenters. The van der Waals surface area contributed by atoms with Gasteiger partial charge in [-0.2, -0.15) is 0 Å². The van der Waals surface area contributed by atoms with Crippen molar-refractivity contribution in [1.29, 1.82) is 0 Å². The normalized spacial score (nSPS) is 11.3. The molecule has 74 valence electrons. The van der Waals surface area contributed by atoms with Crippen LogP contribution in [0.5, 0.6) is 0 Å². The summed E-state index contributed by atoms with van der Waals surface area (Å²) in [6, 6.07) is 15.1. The predicted molar refractivity (Wildman–Crippen MR) is 81.6 cm³/mol. The van der Waals surface area contributed by atoms with Crippen molar-refractivity contribution in [3.63, 3.8) is 0 Å². The van der Waals surface area contributed by atoms with Crippen LogP contribution in [0.25, 0.3) is 21.8 Å². The van der Waals surface area contributed by atoms with Crippen molar-refractivity contribution in [3.05, 3.63) is 46.0 Å². The summed E-state index contributed by atoms with van der Waals surface area (Å²) in [5, 5.41) is 2.67. The number of aromatic nitrogens is 1. The highest BCUT2D eigenvalue weighted by atomic mass is 127. The van der Waals surface area contributed by atoms with E-state index in [0.29, 0.717) is 0 Å². The van der Waals surface area contributed by atoms with Crippen molar-refractivity contribution in [2.45, 2.75) is 0 Å². The van der Waals surface area contributed by atoms with Gasteiger partial charge in [0.25, 0.3) is 0 Å². The van der Waals surface area contributed by atoms with Gasteiger partial charge >= 0.3 is 0 Å². The van der Waals surface area contributed by atoms with Crippen molar-refractivity contribution >= 4 is 67.3 Å². The third kappa shape index (κ3) is 1.47. The first-order valence-corrected chi connectivity index (χ1v) is 6.66. The van der Waals surface area contributed by atoms with Crippen molar-refractivity contribution in [3.8, 4) is 0 Å². The van der Waals surface area contributed by atoms with Gasteiger partial charge in [0.2, 0.25) is 0 Å². The van der Waals surface area contributed by atoms with Crippen LogP contribution >= 0.6 is 45.5 Å². The van der Waals surface area contributed by atoms with Gasteiger partial charge < -0.3 is 0 Å². The lowest BCUT2D eigenvalue weighted by Gasteiger charge is -1.94. The van der Waals surface area contributed by atoms with Gasteiger partial charge in [0.05, 0.1) is 33.9 Å². The van der Waals surface area contributed by atoms with E-state index in [1.165, 1.54) is 25.4 Å². The molecule has 0 amide bonds. The van der Waals surface area contributed by atoms with E-state index < -0.39 is 0 Å². The smallest absolute Gasteiger partial charge is 0.0646 e. The molecule has 3 aromatic rings. The maximum absolute atomic E-state index is 2.36. The molecule has 15 heavy (non-hydrogen) atoms. The summed E-state index contributed by atoms with van der Waals surface area (Å²) in [7, 11) is 0. The average molecular weight is 419 g/mol. The molecule has 3 rings (SSSR count). The molecule has 0 N–H and O–H groups in total. The van der Waals surface area contributed by atoms with Gasteiger partial charge in [-0.05, 0) is 46.9 Å². The van der Waals surface area contributed by atoms with Gasteiger partial charge in [0, 0.05) is 14.3 Å².